The molecule has 0 unspecified atom stereocenters. The lowest BCUT2D eigenvalue weighted by Crippen LogP contribution is -2.22. The highest BCUT2D eigenvalue weighted by Crippen LogP contribution is 2.20. The number of hydrogen-bond donors (Lipinski definition) is 0. The summed E-state index contributed by atoms with van der Waals surface area (Å²) in [6.45, 7) is 3.94. The van der Waals surface area contributed by atoms with Gasteiger partial charge in [0.1, 0.15) is 12.3 Å². The van der Waals surface area contributed by atoms with Crippen LogP contribution in [0, 0.1) is 13.8 Å². The van der Waals surface area contributed by atoms with E-state index in [1.165, 1.54) is 18.4 Å². The lowest BCUT2D eigenvalue weighted by molar-refractivity contribution is -0.141. The van der Waals surface area contributed by atoms with Gasteiger partial charge in [-0.05, 0) is 48.7 Å². The zero-order valence-corrected chi connectivity index (χ0v) is 17.1. The van der Waals surface area contributed by atoms with Crippen molar-refractivity contribution in [3.8, 4) is 5.75 Å². The number of aryl methyl sites for hydroxylation is 2. The molecule has 0 bridgehead atoms. The lowest BCUT2D eigenvalue weighted by Gasteiger charge is -2.06. The Balaban J connectivity index is 1.97. The molecule has 0 N–H and O–H groups in total. The number of aromatic nitrogens is 1. The van der Waals surface area contributed by atoms with E-state index >= 15 is 0 Å². The molecule has 0 saturated carbocycles. The van der Waals surface area contributed by atoms with Gasteiger partial charge in [0.2, 0.25) is 0 Å². The van der Waals surface area contributed by atoms with Crippen molar-refractivity contribution in [1.82, 2.24) is 4.57 Å². The van der Waals surface area contributed by atoms with Crippen LogP contribution in [0.5, 0.6) is 5.75 Å². The van der Waals surface area contributed by atoms with Crippen LogP contribution in [0.3, 0.4) is 0 Å². The van der Waals surface area contributed by atoms with Crippen LogP contribution in [-0.4, -0.2) is 30.7 Å². The first-order chi connectivity index (χ1) is 13.4. The fourth-order valence-corrected chi connectivity index (χ4v) is 4.13. The van der Waals surface area contributed by atoms with Crippen LogP contribution in [-0.2, 0) is 27.3 Å². The summed E-state index contributed by atoms with van der Waals surface area (Å²) in [6.07, 6.45) is 0.177. The van der Waals surface area contributed by atoms with Crippen molar-refractivity contribution in [1.29, 1.82) is 0 Å². The number of amides is 1. The Morgan fingerprint density at radius 1 is 1.11 bits per heavy atom. The largest absolute Gasteiger partial charge is 0.496 e. The van der Waals surface area contributed by atoms with Gasteiger partial charge in [-0.1, -0.05) is 29.5 Å². The highest BCUT2D eigenvalue weighted by Gasteiger charge is 2.12. The van der Waals surface area contributed by atoms with Crippen molar-refractivity contribution in [3.63, 3.8) is 0 Å². The van der Waals surface area contributed by atoms with Gasteiger partial charge in [0.15, 0.2) is 4.80 Å². The molecule has 0 aliphatic carbocycles. The highest BCUT2D eigenvalue weighted by molar-refractivity contribution is 7.16. The Labute approximate surface area is 167 Å². The second-order valence-electron chi connectivity index (χ2n) is 6.50. The maximum Gasteiger partial charge on any atom is 0.325 e. The number of esters is 1. The molecule has 2 aromatic carbocycles. The highest BCUT2D eigenvalue weighted by atomic mass is 32.1. The molecule has 146 valence electrons. The van der Waals surface area contributed by atoms with E-state index in [0.29, 0.717) is 4.80 Å². The quantitative estimate of drug-likeness (QED) is 0.619. The average molecular weight is 398 g/mol. The smallest absolute Gasteiger partial charge is 0.325 e. The molecule has 0 saturated heterocycles. The number of rotatable bonds is 5. The van der Waals surface area contributed by atoms with Crippen molar-refractivity contribution in [2.75, 3.05) is 14.2 Å². The Bertz CT molecular complexity index is 1110. The minimum absolute atomic E-state index is 0.00726. The van der Waals surface area contributed by atoms with Crippen molar-refractivity contribution in [2.45, 2.75) is 26.8 Å². The molecule has 1 aromatic heterocycles. The van der Waals surface area contributed by atoms with Gasteiger partial charge < -0.3 is 14.0 Å². The normalized spacial score (nSPS) is 11.6. The first kappa shape index (κ1) is 19.8. The molecule has 0 radical (unpaired) electrons. The minimum Gasteiger partial charge on any atom is -0.496 e. The van der Waals surface area contributed by atoms with Crippen LogP contribution >= 0.6 is 11.3 Å². The predicted octanol–water partition coefficient (Wildman–Crippen LogP) is 3.17. The van der Waals surface area contributed by atoms with Gasteiger partial charge in [0.25, 0.3) is 5.91 Å². The third-order valence-corrected chi connectivity index (χ3v) is 5.43. The van der Waals surface area contributed by atoms with Crippen molar-refractivity contribution >= 4 is 33.4 Å². The van der Waals surface area contributed by atoms with Gasteiger partial charge in [-0.25, -0.2) is 0 Å². The van der Waals surface area contributed by atoms with Crippen LogP contribution in [0.2, 0.25) is 0 Å². The summed E-state index contributed by atoms with van der Waals surface area (Å²) < 4.78 is 12.7. The van der Waals surface area contributed by atoms with Crippen molar-refractivity contribution in [2.24, 2.45) is 4.99 Å². The van der Waals surface area contributed by atoms with E-state index in [0.717, 1.165) is 32.7 Å². The molecule has 28 heavy (non-hydrogen) atoms. The SMILES string of the molecule is COC(=O)Cn1c(=NC(=O)Cc2ccc(OC)c(C)c2)sc2cc(C)ccc21. The molecule has 0 aliphatic rings. The molecule has 0 aliphatic heterocycles. The summed E-state index contributed by atoms with van der Waals surface area (Å²) in [5.41, 5.74) is 3.79. The van der Waals surface area contributed by atoms with Gasteiger partial charge in [-0.2, -0.15) is 4.99 Å². The van der Waals surface area contributed by atoms with Crippen LogP contribution in [0.4, 0.5) is 0 Å². The van der Waals surface area contributed by atoms with Gasteiger partial charge in [0, 0.05) is 0 Å². The summed E-state index contributed by atoms with van der Waals surface area (Å²) in [5, 5.41) is 0. The molecule has 3 rings (SSSR count). The van der Waals surface area contributed by atoms with Crippen LogP contribution in [0.1, 0.15) is 16.7 Å². The number of ether oxygens (including phenoxy) is 2. The van der Waals surface area contributed by atoms with Gasteiger partial charge in [-0.15, -0.1) is 0 Å². The Morgan fingerprint density at radius 3 is 2.57 bits per heavy atom. The molecular formula is C21H22N2O4S. The number of hydrogen-bond acceptors (Lipinski definition) is 5. The molecule has 0 spiro atoms. The molecule has 1 heterocycles. The third-order valence-electron chi connectivity index (χ3n) is 4.39. The zero-order chi connectivity index (χ0) is 20.3. The topological polar surface area (TPSA) is 69.9 Å². The van der Waals surface area contributed by atoms with E-state index in [4.69, 9.17) is 9.47 Å². The summed E-state index contributed by atoms with van der Waals surface area (Å²) in [4.78, 5) is 29.2. The Kier molecular flexibility index (Phi) is 5.94. The number of nitrogens with zero attached hydrogens (tertiary/aromatic N) is 2. The van der Waals surface area contributed by atoms with Crippen molar-refractivity contribution in [3.05, 3.63) is 57.9 Å². The second kappa shape index (κ2) is 8.39. The maximum atomic E-state index is 12.6. The summed E-state index contributed by atoms with van der Waals surface area (Å²) >= 11 is 1.39. The van der Waals surface area contributed by atoms with Crippen LogP contribution < -0.4 is 9.54 Å². The summed E-state index contributed by atoms with van der Waals surface area (Å²) in [7, 11) is 2.96. The van der Waals surface area contributed by atoms with E-state index in [2.05, 4.69) is 4.99 Å². The van der Waals surface area contributed by atoms with Gasteiger partial charge >= 0.3 is 5.97 Å². The number of fused-ring (bicyclic) bond motifs is 1. The molecule has 3 aromatic rings. The van der Waals surface area contributed by atoms with Gasteiger partial charge in [0.05, 0.1) is 30.9 Å². The number of methoxy groups -OCH3 is 2. The van der Waals surface area contributed by atoms with Crippen LogP contribution in [0.25, 0.3) is 10.2 Å². The zero-order valence-electron chi connectivity index (χ0n) is 16.3. The standard InChI is InChI=1S/C21H22N2O4S/c1-13-5-7-16-18(9-13)28-21(23(16)12-20(25)27-4)22-19(24)11-15-6-8-17(26-3)14(2)10-15/h5-10H,11-12H2,1-4H3. The third kappa shape index (κ3) is 4.31. The number of thiazole rings is 1. The molecule has 0 atom stereocenters. The number of benzene rings is 2. The average Bonchev–Trinajstić information content (AvgIpc) is 2.97. The van der Waals surface area contributed by atoms with E-state index in [1.807, 2.05) is 50.2 Å². The Hall–Kier alpha value is -2.93. The minimum atomic E-state index is -0.389. The van der Waals surface area contributed by atoms with Crippen LogP contribution in [0.15, 0.2) is 41.4 Å². The summed E-state index contributed by atoms with van der Waals surface area (Å²) in [5.74, 6) is 0.121. The van der Waals surface area contributed by atoms with E-state index < -0.39 is 0 Å². The van der Waals surface area contributed by atoms with E-state index in [9.17, 15) is 9.59 Å². The van der Waals surface area contributed by atoms with E-state index in [-0.39, 0.29) is 24.8 Å². The fraction of sp³-hybridized carbons (Fsp3) is 0.286. The summed E-state index contributed by atoms with van der Waals surface area (Å²) in [6, 6.07) is 11.5. The van der Waals surface area contributed by atoms with Crippen molar-refractivity contribution < 1.29 is 19.1 Å². The molecule has 6 nitrogen and oxygen atoms in total. The Morgan fingerprint density at radius 2 is 1.89 bits per heavy atom. The first-order valence-electron chi connectivity index (χ1n) is 8.79. The predicted molar refractivity (Wildman–Crippen MR) is 109 cm³/mol. The molecule has 0 fully saturated rings. The molecule has 7 heteroatoms. The van der Waals surface area contributed by atoms with E-state index in [1.54, 1.807) is 11.7 Å². The lowest BCUT2D eigenvalue weighted by atomic mass is 10.1. The monoisotopic (exact) mass is 398 g/mol. The maximum absolute atomic E-state index is 12.6. The first-order valence-corrected chi connectivity index (χ1v) is 9.61. The second-order valence-corrected chi connectivity index (χ2v) is 7.51. The fourth-order valence-electron chi connectivity index (χ4n) is 2.98. The molecular weight excluding hydrogens is 376 g/mol. The molecule has 1 amide bonds. The number of carbonyl (C=O) groups excluding carboxylic acids is 2. The van der Waals surface area contributed by atoms with Gasteiger partial charge in [-0.3, -0.25) is 9.59 Å². The number of carbonyl (C=O) groups is 2.